The molecular weight excluding hydrogens is 464 g/mol. The third-order valence-corrected chi connectivity index (χ3v) is 9.30. The minimum absolute atomic E-state index is 0.00721. The van der Waals surface area contributed by atoms with E-state index in [4.69, 9.17) is 0 Å². The largest absolute Gasteiger partial charge is 0.274 e. The number of aryl methyl sites for hydroxylation is 1. The van der Waals surface area contributed by atoms with Crippen molar-refractivity contribution in [2.75, 3.05) is 5.75 Å². The topological polar surface area (TPSA) is 128 Å². The first-order valence-electron chi connectivity index (χ1n) is 10.7. The SMILES string of the molecule is CCS(=O)(=O)N[C@H]1CC[C@@H](c2nnc3cnc4c(ccn4S(=O)(=O)c4ccc(C)cc4)n23)C1. The second kappa shape index (κ2) is 7.89. The number of nitrogens with one attached hydrogen (secondary N) is 1. The van der Waals surface area contributed by atoms with E-state index in [1.165, 1.54) is 16.4 Å². The van der Waals surface area contributed by atoms with Gasteiger partial charge in [0.2, 0.25) is 10.0 Å². The number of benzene rings is 1. The lowest BCUT2D eigenvalue weighted by Crippen LogP contribution is -2.34. The van der Waals surface area contributed by atoms with Crippen LogP contribution in [0.1, 0.15) is 43.5 Å². The van der Waals surface area contributed by atoms with Gasteiger partial charge in [0.05, 0.1) is 22.4 Å². The average Bonchev–Trinajstić information content (AvgIpc) is 3.51. The van der Waals surface area contributed by atoms with Crippen LogP contribution in [0.3, 0.4) is 0 Å². The van der Waals surface area contributed by atoms with Gasteiger partial charge in [0.1, 0.15) is 5.82 Å². The van der Waals surface area contributed by atoms with Crippen molar-refractivity contribution in [3.8, 4) is 0 Å². The van der Waals surface area contributed by atoms with E-state index in [0.29, 0.717) is 29.8 Å². The molecule has 0 aliphatic heterocycles. The van der Waals surface area contributed by atoms with Gasteiger partial charge in [-0.1, -0.05) is 17.7 Å². The fraction of sp³-hybridized carbons (Fsp3) is 0.381. The van der Waals surface area contributed by atoms with Crippen LogP contribution in [0.5, 0.6) is 0 Å². The standard InChI is InChI=1S/C21H24N6O4S2/c1-3-32(28,29)25-16-7-6-15(12-16)20-24-23-19-13-22-21-18(27(19)20)10-11-26(21)33(30,31)17-8-4-14(2)5-9-17/h4-5,8-11,13,15-16,25H,3,6-7,12H2,1-2H3/t15-,16+/m1/s1. The number of fused-ring (bicyclic) bond motifs is 3. The van der Waals surface area contributed by atoms with Crippen LogP contribution < -0.4 is 4.72 Å². The van der Waals surface area contributed by atoms with Crippen molar-refractivity contribution in [1.82, 2.24) is 28.3 Å². The smallest absolute Gasteiger partial charge is 0.269 e. The van der Waals surface area contributed by atoms with Crippen molar-refractivity contribution in [3.05, 3.63) is 54.1 Å². The molecule has 3 aromatic heterocycles. The lowest BCUT2D eigenvalue weighted by molar-refractivity contribution is 0.547. The molecule has 1 aromatic carbocycles. The van der Waals surface area contributed by atoms with Crippen LogP contribution in [0, 0.1) is 6.92 Å². The Morgan fingerprint density at radius 3 is 2.55 bits per heavy atom. The van der Waals surface area contributed by atoms with E-state index >= 15 is 0 Å². The van der Waals surface area contributed by atoms with Gasteiger partial charge < -0.3 is 0 Å². The summed E-state index contributed by atoms with van der Waals surface area (Å²) in [7, 11) is -7.12. The molecule has 3 heterocycles. The summed E-state index contributed by atoms with van der Waals surface area (Å²) in [5.74, 6) is 0.713. The van der Waals surface area contributed by atoms with Crippen LogP contribution in [-0.2, 0) is 20.0 Å². The lowest BCUT2D eigenvalue weighted by Gasteiger charge is -2.12. The molecule has 5 rings (SSSR count). The molecular formula is C21H24N6O4S2. The number of sulfonamides is 1. The molecule has 10 nitrogen and oxygen atoms in total. The summed E-state index contributed by atoms with van der Waals surface area (Å²) in [5.41, 5.74) is 2.35. The number of rotatable bonds is 6. The first-order valence-corrected chi connectivity index (χ1v) is 13.8. The van der Waals surface area contributed by atoms with E-state index < -0.39 is 20.0 Å². The molecule has 1 fully saturated rings. The molecule has 0 saturated heterocycles. The third-order valence-electron chi connectivity index (χ3n) is 6.16. The van der Waals surface area contributed by atoms with Crippen LogP contribution in [0.25, 0.3) is 16.8 Å². The molecule has 1 aliphatic rings. The average molecular weight is 489 g/mol. The van der Waals surface area contributed by atoms with Gasteiger partial charge >= 0.3 is 0 Å². The molecule has 1 aliphatic carbocycles. The molecule has 2 atom stereocenters. The molecule has 33 heavy (non-hydrogen) atoms. The summed E-state index contributed by atoms with van der Waals surface area (Å²) < 4.78 is 56.2. The second-order valence-corrected chi connectivity index (χ2v) is 12.2. The van der Waals surface area contributed by atoms with Crippen LogP contribution in [0.4, 0.5) is 0 Å². The lowest BCUT2D eigenvalue weighted by atomic mass is 10.1. The van der Waals surface area contributed by atoms with Gasteiger partial charge in [-0.25, -0.2) is 30.5 Å². The Balaban J connectivity index is 1.55. The van der Waals surface area contributed by atoms with Gasteiger partial charge in [-0.3, -0.25) is 4.40 Å². The Labute approximate surface area is 191 Å². The van der Waals surface area contributed by atoms with Gasteiger partial charge in [0.25, 0.3) is 10.0 Å². The quantitative estimate of drug-likeness (QED) is 0.440. The number of hydrogen-bond donors (Lipinski definition) is 1. The molecule has 1 saturated carbocycles. The molecule has 1 N–H and O–H groups in total. The maximum absolute atomic E-state index is 13.3. The van der Waals surface area contributed by atoms with Gasteiger partial charge in [0, 0.05) is 18.2 Å². The summed E-state index contributed by atoms with van der Waals surface area (Å²) in [6.07, 6.45) is 5.06. The van der Waals surface area contributed by atoms with E-state index in [9.17, 15) is 16.8 Å². The molecule has 4 aromatic rings. The highest BCUT2D eigenvalue weighted by Gasteiger charge is 2.32. The van der Waals surface area contributed by atoms with Crippen LogP contribution in [-0.4, -0.2) is 52.2 Å². The van der Waals surface area contributed by atoms with Gasteiger partial charge in [-0.05, 0) is 51.3 Å². The zero-order valence-electron chi connectivity index (χ0n) is 18.2. The van der Waals surface area contributed by atoms with Crippen molar-refractivity contribution in [2.45, 2.75) is 50.0 Å². The Morgan fingerprint density at radius 2 is 1.82 bits per heavy atom. The van der Waals surface area contributed by atoms with Crippen molar-refractivity contribution < 1.29 is 16.8 Å². The summed E-state index contributed by atoms with van der Waals surface area (Å²) in [6.45, 7) is 3.51. The minimum Gasteiger partial charge on any atom is -0.274 e. The van der Waals surface area contributed by atoms with E-state index in [-0.39, 0.29) is 28.3 Å². The monoisotopic (exact) mass is 488 g/mol. The summed E-state index contributed by atoms with van der Waals surface area (Å²) in [5, 5.41) is 8.58. The first-order chi connectivity index (χ1) is 15.7. The van der Waals surface area contributed by atoms with Crippen LogP contribution >= 0.6 is 0 Å². The Bertz CT molecular complexity index is 1560. The normalized spacial score (nSPS) is 19.6. The molecule has 0 spiro atoms. The molecule has 0 amide bonds. The Morgan fingerprint density at radius 1 is 1.06 bits per heavy atom. The van der Waals surface area contributed by atoms with Crippen molar-refractivity contribution in [3.63, 3.8) is 0 Å². The van der Waals surface area contributed by atoms with E-state index in [2.05, 4.69) is 19.9 Å². The number of hydrogen-bond acceptors (Lipinski definition) is 7. The van der Waals surface area contributed by atoms with Gasteiger partial charge in [-0.2, -0.15) is 0 Å². The molecule has 0 unspecified atom stereocenters. The van der Waals surface area contributed by atoms with Crippen molar-refractivity contribution in [2.24, 2.45) is 0 Å². The number of nitrogens with zero attached hydrogens (tertiary/aromatic N) is 5. The van der Waals surface area contributed by atoms with Crippen LogP contribution in [0.2, 0.25) is 0 Å². The fourth-order valence-electron chi connectivity index (χ4n) is 4.39. The number of aromatic nitrogens is 5. The Hall–Kier alpha value is -2.83. The first kappa shape index (κ1) is 22.0. The van der Waals surface area contributed by atoms with Gasteiger partial charge in [0.15, 0.2) is 11.3 Å². The predicted octanol–water partition coefficient (Wildman–Crippen LogP) is 2.20. The predicted molar refractivity (Wildman–Crippen MR) is 123 cm³/mol. The van der Waals surface area contributed by atoms with Crippen molar-refractivity contribution >= 4 is 36.9 Å². The molecule has 174 valence electrons. The van der Waals surface area contributed by atoms with Crippen LogP contribution in [0.15, 0.2) is 47.6 Å². The zero-order valence-corrected chi connectivity index (χ0v) is 19.8. The Kier molecular flexibility index (Phi) is 5.26. The van der Waals surface area contributed by atoms with E-state index in [1.807, 2.05) is 11.3 Å². The summed E-state index contributed by atoms with van der Waals surface area (Å²) in [4.78, 5) is 4.54. The highest BCUT2D eigenvalue weighted by Crippen LogP contribution is 2.35. The summed E-state index contributed by atoms with van der Waals surface area (Å²) in [6, 6.07) is 8.21. The highest BCUT2D eigenvalue weighted by atomic mass is 32.2. The highest BCUT2D eigenvalue weighted by molar-refractivity contribution is 7.90. The maximum atomic E-state index is 13.3. The van der Waals surface area contributed by atoms with E-state index in [1.54, 1.807) is 37.3 Å². The molecule has 12 heteroatoms. The minimum atomic E-state index is -3.83. The fourth-order valence-corrected chi connectivity index (χ4v) is 6.58. The van der Waals surface area contributed by atoms with Crippen molar-refractivity contribution in [1.29, 1.82) is 0 Å². The third kappa shape index (κ3) is 3.81. The van der Waals surface area contributed by atoms with Gasteiger partial charge in [-0.15, -0.1) is 10.2 Å². The maximum Gasteiger partial charge on any atom is 0.269 e. The summed E-state index contributed by atoms with van der Waals surface area (Å²) >= 11 is 0. The zero-order chi connectivity index (χ0) is 23.4. The molecule has 0 bridgehead atoms. The van der Waals surface area contributed by atoms with E-state index in [0.717, 1.165) is 12.0 Å². The second-order valence-electron chi connectivity index (χ2n) is 8.38. The molecule has 0 radical (unpaired) electrons.